The highest BCUT2D eigenvalue weighted by Crippen LogP contribution is 2.03. The first-order valence-corrected chi connectivity index (χ1v) is 6.06. The highest BCUT2D eigenvalue weighted by molar-refractivity contribution is 5.87. The second kappa shape index (κ2) is 9.75. The Labute approximate surface area is 93.7 Å². The summed E-state index contributed by atoms with van der Waals surface area (Å²) in [5, 5.41) is 0. The third kappa shape index (κ3) is 8.22. The van der Waals surface area contributed by atoms with Crippen molar-refractivity contribution in [2.45, 2.75) is 59.3 Å². The number of hydrogen-bond donors (Lipinski definition) is 0. The van der Waals surface area contributed by atoms with Gasteiger partial charge in [-0.25, -0.2) is 4.79 Å². The molecular weight excluding hydrogens is 188 g/mol. The van der Waals surface area contributed by atoms with Gasteiger partial charge in [0.15, 0.2) is 0 Å². The molecule has 0 heterocycles. The second-order valence-corrected chi connectivity index (χ2v) is 3.87. The van der Waals surface area contributed by atoms with E-state index in [1.807, 2.05) is 13.0 Å². The lowest BCUT2D eigenvalue weighted by Crippen LogP contribution is -2.07. The minimum atomic E-state index is -0.153. The monoisotopic (exact) mass is 212 g/mol. The first kappa shape index (κ1) is 14.2. The van der Waals surface area contributed by atoms with Crippen molar-refractivity contribution in [1.29, 1.82) is 0 Å². The molecule has 0 atom stereocenters. The third-order valence-electron chi connectivity index (χ3n) is 2.29. The molecule has 0 fully saturated rings. The minimum Gasteiger partial charge on any atom is -0.462 e. The number of ether oxygens (including phenoxy) is 1. The second-order valence-electron chi connectivity index (χ2n) is 3.87. The zero-order valence-electron chi connectivity index (χ0n) is 10.3. The number of esters is 1. The average molecular weight is 212 g/mol. The van der Waals surface area contributed by atoms with Crippen molar-refractivity contribution in [2.75, 3.05) is 6.61 Å². The van der Waals surface area contributed by atoms with Crippen LogP contribution in [0, 0.1) is 0 Å². The van der Waals surface area contributed by atoms with E-state index in [2.05, 4.69) is 13.8 Å². The Kier molecular flexibility index (Phi) is 9.24. The molecule has 0 saturated carbocycles. The quantitative estimate of drug-likeness (QED) is 0.347. The summed E-state index contributed by atoms with van der Waals surface area (Å²) < 4.78 is 5.14. The van der Waals surface area contributed by atoms with Crippen molar-refractivity contribution in [3.8, 4) is 0 Å². The van der Waals surface area contributed by atoms with Crippen molar-refractivity contribution >= 4 is 5.97 Å². The topological polar surface area (TPSA) is 26.3 Å². The van der Waals surface area contributed by atoms with E-state index in [0.717, 1.165) is 31.3 Å². The van der Waals surface area contributed by atoms with Gasteiger partial charge in [0.1, 0.15) is 0 Å². The van der Waals surface area contributed by atoms with E-state index in [4.69, 9.17) is 4.74 Å². The van der Waals surface area contributed by atoms with Gasteiger partial charge in [-0.3, -0.25) is 0 Å². The van der Waals surface area contributed by atoms with Gasteiger partial charge in [0.05, 0.1) is 6.61 Å². The molecule has 0 aromatic heterocycles. The van der Waals surface area contributed by atoms with Crippen LogP contribution in [-0.4, -0.2) is 12.6 Å². The molecule has 0 aliphatic heterocycles. The molecule has 0 aliphatic carbocycles. The van der Waals surface area contributed by atoms with E-state index in [0.29, 0.717) is 6.61 Å². The van der Waals surface area contributed by atoms with Crippen LogP contribution in [0.2, 0.25) is 0 Å². The maximum absolute atomic E-state index is 11.4. The minimum absolute atomic E-state index is 0.153. The number of unbranched alkanes of at least 4 members (excludes halogenated alkanes) is 4. The van der Waals surface area contributed by atoms with Crippen LogP contribution in [0.1, 0.15) is 59.3 Å². The Balaban J connectivity index is 3.55. The highest BCUT2D eigenvalue weighted by Gasteiger charge is 2.03. The van der Waals surface area contributed by atoms with Crippen molar-refractivity contribution < 1.29 is 9.53 Å². The van der Waals surface area contributed by atoms with Gasteiger partial charge in [0.2, 0.25) is 0 Å². The normalized spacial score (nSPS) is 11.5. The predicted molar refractivity (Wildman–Crippen MR) is 63.8 cm³/mol. The number of carbonyl (C=O) groups is 1. The number of hydrogen-bond acceptors (Lipinski definition) is 2. The molecule has 0 aliphatic rings. The van der Waals surface area contributed by atoms with Gasteiger partial charge in [0.25, 0.3) is 0 Å². The maximum atomic E-state index is 11.4. The van der Waals surface area contributed by atoms with Crippen LogP contribution in [0.3, 0.4) is 0 Å². The summed E-state index contributed by atoms with van der Waals surface area (Å²) in [6.45, 7) is 6.66. The zero-order chi connectivity index (χ0) is 11.5. The smallest absolute Gasteiger partial charge is 0.333 e. The zero-order valence-corrected chi connectivity index (χ0v) is 10.3. The van der Waals surface area contributed by atoms with Gasteiger partial charge < -0.3 is 4.74 Å². The fraction of sp³-hybridized carbons (Fsp3) is 0.769. The molecule has 2 heteroatoms. The van der Waals surface area contributed by atoms with Gasteiger partial charge in [-0.1, -0.05) is 45.6 Å². The largest absolute Gasteiger partial charge is 0.462 e. The first-order valence-electron chi connectivity index (χ1n) is 6.06. The predicted octanol–water partition coefficient (Wildman–Crippen LogP) is 3.86. The van der Waals surface area contributed by atoms with E-state index >= 15 is 0 Å². The third-order valence-corrected chi connectivity index (χ3v) is 2.29. The lowest BCUT2D eigenvalue weighted by atomic mass is 10.2. The van der Waals surface area contributed by atoms with Gasteiger partial charge in [-0.05, 0) is 19.8 Å². The summed E-state index contributed by atoms with van der Waals surface area (Å²) >= 11 is 0. The van der Waals surface area contributed by atoms with E-state index < -0.39 is 0 Å². The molecule has 0 saturated heterocycles. The van der Waals surface area contributed by atoms with Crippen LogP contribution in [0.25, 0.3) is 0 Å². The molecule has 2 nitrogen and oxygen atoms in total. The summed E-state index contributed by atoms with van der Waals surface area (Å²) in [4.78, 5) is 11.4. The lowest BCUT2D eigenvalue weighted by Gasteiger charge is -2.04. The fourth-order valence-corrected chi connectivity index (χ4v) is 1.25. The number of carbonyl (C=O) groups excluding carboxylic acids is 1. The maximum Gasteiger partial charge on any atom is 0.333 e. The molecule has 0 unspecified atom stereocenters. The van der Waals surface area contributed by atoms with E-state index in [1.165, 1.54) is 12.8 Å². The standard InChI is InChI=1S/C13H24O2/c1-4-6-8-9-11-15-13(14)12(3)10-7-5-2/h10H,4-9,11H2,1-3H3/b12-10+. The van der Waals surface area contributed by atoms with Crippen LogP contribution >= 0.6 is 0 Å². The van der Waals surface area contributed by atoms with Crippen molar-refractivity contribution in [1.82, 2.24) is 0 Å². The summed E-state index contributed by atoms with van der Waals surface area (Å²) in [6.07, 6.45) is 8.56. The van der Waals surface area contributed by atoms with Crippen LogP contribution in [0.5, 0.6) is 0 Å². The Morgan fingerprint density at radius 2 is 1.87 bits per heavy atom. The average Bonchev–Trinajstić information content (AvgIpc) is 2.25. The lowest BCUT2D eigenvalue weighted by molar-refractivity contribution is -0.139. The first-order chi connectivity index (χ1) is 7.22. The number of rotatable bonds is 8. The molecule has 15 heavy (non-hydrogen) atoms. The van der Waals surface area contributed by atoms with E-state index in [1.54, 1.807) is 0 Å². The van der Waals surface area contributed by atoms with Crippen molar-refractivity contribution in [3.05, 3.63) is 11.6 Å². The van der Waals surface area contributed by atoms with Crippen molar-refractivity contribution in [3.63, 3.8) is 0 Å². The Morgan fingerprint density at radius 1 is 1.13 bits per heavy atom. The highest BCUT2D eigenvalue weighted by atomic mass is 16.5. The summed E-state index contributed by atoms with van der Waals surface area (Å²) in [6, 6.07) is 0. The fourth-order valence-electron chi connectivity index (χ4n) is 1.25. The number of allylic oxidation sites excluding steroid dienone is 1. The van der Waals surface area contributed by atoms with Gasteiger partial charge in [0, 0.05) is 5.57 Å². The SMILES string of the molecule is CCC/C=C(\C)C(=O)OCCCCCC. The van der Waals surface area contributed by atoms with Crippen LogP contribution in [-0.2, 0) is 9.53 Å². The Bertz CT molecular complexity index is 195. The van der Waals surface area contributed by atoms with E-state index in [9.17, 15) is 4.79 Å². The molecule has 0 spiro atoms. The van der Waals surface area contributed by atoms with Crippen LogP contribution in [0.4, 0.5) is 0 Å². The molecule has 0 bridgehead atoms. The molecule has 0 amide bonds. The Morgan fingerprint density at radius 3 is 2.47 bits per heavy atom. The molecule has 0 rings (SSSR count). The summed E-state index contributed by atoms with van der Waals surface area (Å²) in [5.41, 5.74) is 0.743. The van der Waals surface area contributed by atoms with Gasteiger partial charge in [-0.2, -0.15) is 0 Å². The molecule has 0 aromatic carbocycles. The molecule has 88 valence electrons. The molecule has 0 radical (unpaired) electrons. The molecule has 0 aromatic rings. The van der Waals surface area contributed by atoms with Crippen LogP contribution < -0.4 is 0 Å². The van der Waals surface area contributed by atoms with Crippen LogP contribution in [0.15, 0.2) is 11.6 Å². The molecular formula is C13H24O2. The summed E-state index contributed by atoms with van der Waals surface area (Å²) in [5.74, 6) is -0.153. The van der Waals surface area contributed by atoms with Gasteiger partial charge >= 0.3 is 5.97 Å². The molecule has 0 N–H and O–H groups in total. The Hall–Kier alpha value is -0.790. The van der Waals surface area contributed by atoms with Crippen molar-refractivity contribution in [2.24, 2.45) is 0 Å². The van der Waals surface area contributed by atoms with E-state index in [-0.39, 0.29) is 5.97 Å². The van der Waals surface area contributed by atoms with Gasteiger partial charge in [-0.15, -0.1) is 0 Å². The summed E-state index contributed by atoms with van der Waals surface area (Å²) in [7, 11) is 0.